The predicted molar refractivity (Wildman–Crippen MR) is 83.4 cm³/mol. The minimum absolute atomic E-state index is 0.565. The maximum atomic E-state index is 5.99. The predicted octanol–water partition coefficient (Wildman–Crippen LogP) is 5.08. The van der Waals surface area contributed by atoms with Crippen LogP contribution in [-0.4, -0.2) is 6.04 Å². The molecule has 1 aliphatic rings. The summed E-state index contributed by atoms with van der Waals surface area (Å²) in [5, 5.41) is 3.65. The molecule has 2 atom stereocenters. The third kappa shape index (κ3) is 2.96. The van der Waals surface area contributed by atoms with E-state index < -0.39 is 0 Å². The van der Waals surface area contributed by atoms with Crippen LogP contribution in [0.25, 0.3) is 0 Å². The number of benzene rings is 2. The fraction of sp³-hybridized carbons (Fsp3) is 0.333. The van der Waals surface area contributed by atoms with Crippen LogP contribution in [-0.2, 0) is 0 Å². The molecule has 2 aromatic rings. The standard InChI is InChI=1S/C18H21NO/c1-14-8-7-12-16(14)19-17-11-5-6-13-18(17)20-15-9-3-2-4-10-15/h2-6,9-11,13-14,16,19H,7-8,12H2,1H3. The molecular weight excluding hydrogens is 246 g/mol. The average Bonchev–Trinajstić information content (AvgIpc) is 2.88. The summed E-state index contributed by atoms with van der Waals surface area (Å²) in [5.74, 6) is 2.51. The lowest BCUT2D eigenvalue weighted by atomic mass is 10.1. The van der Waals surface area contributed by atoms with Gasteiger partial charge in [-0.2, -0.15) is 0 Å². The molecule has 0 heterocycles. The Labute approximate surface area is 120 Å². The van der Waals surface area contributed by atoms with Gasteiger partial charge in [-0.3, -0.25) is 0 Å². The maximum Gasteiger partial charge on any atom is 0.150 e. The van der Waals surface area contributed by atoms with E-state index in [9.17, 15) is 0 Å². The zero-order valence-corrected chi connectivity index (χ0v) is 11.9. The molecule has 0 aliphatic heterocycles. The molecule has 2 heteroatoms. The van der Waals surface area contributed by atoms with Crippen LogP contribution in [0.5, 0.6) is 11.5 Å². The van der Waals surface area contributed by atoms with E-state index in [1.807, 2.05) is 42.5 Å². The highest BCUT2D eigenvalue weighted by atomic mass is 16.5. The highest BCUT2D eigenvalue weighted by molar-refractivity contribution is 5.58. The second kappa shape index (κ2) is 6.00. The topological polar surface area (TPSA) is 21.3 Å². The molecule has 0 bridgehead atoms. The molecule has 1 fully saturated rings. The normalized spacial score (nSPS) is 21.6. The molecule has 0 spiro atoms. The third-order valence-electron chi connectivity index (χ3n) is 4.06. The first-order valence-electron chi connectivity index (χ1n) is 7.41. The Hall–Kier alpha value is -1.96. The van der Waals surface area contributed by atoms with Gasteiger partial charge in [0.1, 0.15) is 5.75 Å². The Morgan fingerprint density at radius 1 is 0.950 bits per heavy atom. The number of hydrogen-bond donors (Lipinski definition) is 1. The van der Waals surface area contributed by atoms with Crippen molar-refractivity contribution in [1.29, 1.82) is 0 Å². The smallest absolute Gasteiger partial charge is 0.150 e. The van der Waals surface area contributed by atoms with E-state index >= 15 is 0 Å². The Morgan fingerprint density at radius 3 is 2.45 bits per heavy atom. The van der Waals surface area contributed by atoms with Gasteiger partial charge < -0.3 is 10.1 Å². The molecule has 1 saturated carbocycles. The van der Waals surface area contributed by atoms with Gasteiger partial charge in [0.2, 0.25) is 0 Å². The van der Waals surface area contributed by atoms with E-state index in [1.165, 1.54) is 19.3 Å². The first kappa shape index (κ1) is 13.0. The van der Waals surface area contributed by atoms with E-state index in [-0.39, 0.29) is 0 Å². The van der Waals surface area contributed by atoms with Gasteiger partial charge >= 0.3 is 0 Å². The fourth-order valence-electron chi connectivity index (χ4n) is 2.85. The van der Waals surface area contributed by atoms with Gasteiger partial charge in [0.05, 0.1) is 5.69 Å². The zero-order chi connectivity index (χ0) is 13.8. The van der Waals surface area contributed by atoms with E-state index in [2.05, 4.69) is 24.4 Å². The lowest BCUT2D eigenvalue weighted by Crippen LogP contribution is -2.21. The molecule has 0 radical (unpaired) electrons. The van der Waals surface area contributed by atoms with Gasteiger partial charge in [-0.15, -0.1) is 0 Å². The highest BCUT2D eigenvalue weighted by Gasteiger charge is 2.23. The van der Waals surface area contributed by atoms with E-state index in [1.54, 1.807) is 0 Å². The Kier molecular flexibility index (Phi) is 3.91. The van der Waals surface area contributed by atoms with Crippen molar-refractivity contribution in [3.8, 4) is 11.5 Å². The molecule has 2 aromatic carbocycles. The summed E-state index contributed by atoms with van der Waals surface area (Å²) in [6.45, 7) is 2.32. The number of para-hydroxylation sites is 3. The summed E-state index contributed by atoms with van der Waals surface area (Å²) >= 11 is 0. The number of ether oxygens (including phenoxy) is 1. The van der Waals surface area contributed by atoms with Crippen molar-refractivity contribution in [3.63, 3.8) is 0 Å². The lowest BCUT2D eigenvalue weighted by Gasteiger charge is -2.20. The highest BCUT2D eigenvalue weighted by Crippen LogP contribution is 2.33. The Morgan fingerprint density at radius 2 is 1.70 bits per heavy atom. The molecule has 2 unspecified atom stereocenters. The minimum Gasteiger partial charge on any atom is -0.455 e. The summed E-state index contributed by atoms with van der Waals surface area (Å²) in [6.07, 6.45) is 3.89. The minimum atomic E-state index is 0.565. The Balaban J connectivity index is 1.77. The summed E-state index contributed by atoms with van der Waals surface area (Å²) in [7, 11) is 0. The number of hydrogen-bond acceptors (Lipinski definition) is 2. The van der Waals surface area contributed by atoms with Crippen molar-refractivity contribution < 1.29 is 4.74 Å². The molecule has 0 saturated heterocycles. The monoisotopic (exact) mass is 267 g/mol. The van der Waals surface area contributed by atoms with Crippen LogP contribution in [0.3, 0.4) is 0 Å². The van der Waals surface area contributed by atoms with Crippen LogP contribution in [0.4, 0.5) is 5.69 Å². The number of rotatable bonds is 4. The first-order chi connectivity index (χ1) is 9.83. The van der Waals surface area contributed by atoms with Crippen LogP contribution in [0, 0.1) is 5.92 Å². The SMILES string of the molecule is CC1CCCC1Nc1ccccc1Oc1ccccc1. The molecule has 3 rings (SSSR count). The van der Waals surface area contributed by atoms with Gasteiger partial charge in [-0.25, -0.2) is 0 Å². The van der Waals surface area contributed by atoms with E-state index in [0.29, 0.717) is 6.04 Å². The van der Waals surface area contributed by atoms with Crippen LogP contribution in [0.2, 0.25) is 0 Å². The first-order valence-corrected chi connectivity index (χ1v) is 7.41. The lowest BCUT2D eigenvalue weighted by molar-refractivity contribution is 0.481. The van der Waals surface area contributed by atoms with Crippen molar-refractivity contribution in [2.24, 2.45) is 5.92 Å². The van der Waals surface area contributed by atoms with Gasteiger partial charge in [-0.1, -0.05) is 43.7 Å². The molecule has 104 valence electrons. The number of nitrogens with one attached hydrogen (secondary N) is 1. The van der Waals surface area contributed by atoms with Crippen LogP contribution < -0.4 is 10.1 Å². The maximum absolute atomic E-state index is 5.99. The van der Waals surface area contributed by atoms with E-state index in [4.69, 9.17) is 4.74 Å². The molecule has 1 N–H and O–H groups in total. The van der Waals surface area contributed by atoms with Gasteiger partial charge in [0.15, 0.2) is 5.75 Å². The van der Waals surface area contributed by atoms with Crippen molar-refractivity contribution in [2.75, 3.05) is 5.32 Å². The second-order valence-electron chi connectivity index (χ2n) is 5.57. The molecule has 1 aliphatic carbocycles. The largest absolute Gasteiger partial charge is 0.455 e. The van der Waals surface area contributed by atoms with Crippen molar-refractivity contribution >= 4 is 5.69 Å². The summed E-state index contributed by atoms with van der Waals surface area (Å²) in [6, 6.07) is 18.7. The number of anilines is 1. The van der Waals surface area contributed by atoms with Gasteiger partial charge in [0.25, 0.3) is 0 Å². The quantitative estimate of drug-likeness (QED) is 0.834. The van der Waals surface area contributed by atoms with E-state index in [0.717, 1.165) is 23.1 Å². The molecule has 0 aromatic heterocycles. The molecule has 2 nitrogen and oxygen atoms in total. The summed E-state index contributed by atoms with van der Waals surface area (Å²) in [4.78, 5) is 0. The van der Waals surface area contributed by atoms with Gasteiger partial charge in [0, 0.05) is 6.04 Å². The molecular formula is C18H21NO. The molecule has 20 heavy (non-hydrogen) atoms. The Bertz CT molecular complexity index is 552. The van der Waals surface area contributed by atoms with Crippen molar-refractivity contribution in [2.45, 2.75) is 32.2 Å². The van der Waals surface area contributed by atoms with Crippen molar-refractivity contribution in [3.05, 3.63) is 54.6 Å². The summed E-state index contributed by atoms with van der Waals surface area (Å²) < 4.78 is 5.99. The van der Waals surface area contributed by atoms with Gasteiger partial charge in [-0.05, 0) is 43.0 Å². The second-order valence-corrected chi connectivity index (χ2v) is 5.57. The summed E-state index contributed by atoms with van der Waals surface area (Å²) in [5.41, 5.74) is 1.09. The van der Waals surface area contributed by atoms with Crippen LogP contribution in [0.15, 0.2) is 54.6 Å². The van der Waals surface area contributed by atoms with Crippen LogP contribution >= 0.6 is 0 Å². The average molecular weight is 267 g/mol. The molecule has 0 amide bonds. The van der Waals surface area contributed by atoms with Crippen LogP contribution in [0.1, 0.15) is 26.2 Å². The van der Waals surface area contributed by atoms with Crippen molar-refractivity contribution in [1.82, 2.24) is 0 Å². The fourth-order valence-corrected chi connectivity index (χ4v) is 2.85. The zero-order valence-electron chi connectivity index (χ0n) is 11.9. The third-order valence-corrected chi connectivity index (χ3v) is 4.06.